The average molecular weight is 156 g/mol. The molecule has 11 heavy (non-hydrogen) atoms. The van der Waals surface area contributed by atoms with E-state index >= 15 is 0 Å². The van der Waals surface area contributed by atoms with Gasteiger partial charge in [-0.1, -0.05) is 0 Å². The fraction of sp³-hybridized carbons (Fsp3) is 0.333. The molecule has 0 radical (unpaired) electrons. The van der Waals surface area contributed by atoms with Crippen LogP contribution in [0.4, 0.5) is 0 Å². The Balaban J connectivity index is 2.64. The molecule has 0 unspecified atom stereocenters. The largest absolute Gasteiger partial charge is 0.504 e. The van der Waals surface area contributed by atoms with Crippen LogP contribution in [-0.2, 0) is 16.0 Å². The molecule has 0 saturated heterocycles. The van der Waals surface area contributed by atoms with Crippen molar-refractivity contribution in [2.24, 2.45) is 0 Å². The number of aromatic nitrogens is 2. The number of methoxy groups -OCH3 is 1. The molecule has 5 nitrogen and oxygen atoms in total. The molecule has 0 aliphatic rings. The van der Waals surface area contributed by atoms with E-state index in [0.717, 1.165) is 0 Å². The van der Waals surface area contributed by atoms with Crippen molar-refractivity contribution in [3.63, 3.8) is 0 Å². The van der Waals surface area contributed by atoms with Gasteiger partial charge in [0.05, 0.1) is 25.4 Å². The lowest BCUT2D eigenvalue weighted by Gasteiger charge is -1.95. The maximum atomic E-state index is 10.7. The van der Waals surface area contributed by atoms with Gasteiger partial charge in [-0.2, -0.15) is 5.10 Å². The minimum atomic E-state index is -0.412. The van der Waals surface area contributed by atoms with Gasteiger partial charge in [-0.05, 0) is 0 Å². The normalized spacial score (nSPS) is 9.55. The molecule has 60 valence electrons. The number of hydrogen-bond donors (Lipinski definition) is 2. The van der Waals surface area contributed by atoms with Crippen molar-refractivity contribution in [2.45, 2.75) is 6.42 Å². The van der Waals surface area contributed by atoms with E-state index in [0.29, 0.717) is 5.69 Å². The predicted octanol–water partition coefficient (Wildman–Crippen LogP) is -0.169. The summed E-state index contributed by atoms with van der Waals surface area (Å²) in [5.74, 6) is -0.431. The molecule has 2 N–H and O–H groups in total. The summed E-state index contributed by atoms with van der Waals surface area (Å²) in [6.45, 7) is 0. The van der Waals surface area contributed by atoms with Crippen LogP contribution in [-0.4, -0.2) is 28.4 Å². The highest BCUT2D eigenvalue weighted by atomic mass is 16.5. The van der Waals surface area contributed by atoms with Gasteiger partial charge < -0.3 is 9.84 Å². The Morgan fingerprint density at radius 2 is 2.64 bits per heavy atom. The molecular weight excluding hydrogens is 148 g/mol. The van der Waals surface area contributed by atoms with E-state index in [2.05, 4.69) is 14.9 Å². The Bertz CT molecular complexity index is 256. The monoisotopic (exact) mass is 156 g/mol. The summed E-state index contributed by atoms with van der Waals surface area (Å²) in [4.78, 5) is 10.7. The van der Waals surface area contributed by atoms with E-state index in [1.165, 1.54) is 13.3 Å². The molecule has 1 heterocycles. The van der Waals surface area contributed by atoms with Crippen LogP contribution in [0.15, 0.2) is 6.20 Å². The highest BCUT2D eigenvalue weighted by Gasteiger charge is 2.08. The Morgan fingerprint density at radius 1 is 1.91 bits per heavy atom. The maximum Gasteiger partial charge on any atom is 0.311 e. The summed E-state index contributed by atoms with van der Waals surface area (Å²) in [5, 5.41) is 15.0. The zero-order chi connectivity index (χ0) is 8.27. The van der Waals surface area contributed by atoms with Crippen LogP contribution < -0.4 is 0 Å². The second-order valence-corrected chi connectivity index (χ2v) is 1.99. The molecule has 1 aromatic heterocycles. The van der Waals surface area contributed by atoms with E-state index in [4.69, 9.17) is 5.11 Å². The predicted molar refractivity (Wildman–Crippen MR) is 36.0 cm³/mol. The molecule has 1 rings (SSSR count). The Hall–Kier alpha value is -1.52. The average Bonchev–Trinajstić information content (AvgIpc) is 2.37. The molecule has 0 fully saturated rings. The number of esters is 1. The molecule has 0 bridgehead atoms. The van der Waals surface area contributed by atoms with Crippen molar-refractivity contribution in [3.8, 4) is 5.75 Å². The first kappa shape index (κ1) is 7.59. The zero-order valence-electron chi connectivity index (χ0n) is 6.00. The third kappa shape index (κ3) is 1.70. The summed E-state index contributed by atoms with van der Waals surface area (Å²) < 4.78 is 4.38. The van der Waals surface area contributed by atoms with Gasteiger partial charge in [-0.3, -0.25) is 9.89 Å². The SMILES string of the molecule is COC(=O)Cc1[nH]ncc1O. The lowest BCUT2D eigenvalue weighted by molar-refractivity contribution is -0.139. The first-order chi connectivity index (χ1) is 5.24. The third-order valence-corrected chi connectivity index (χ3v) is 1.24. The Morgan fingerprint density at radius 3 is 3.09 bits per heavy atom. The van der Waals surface area contributed by atoms with Gasteiger partial charge in [0.25, 0.3) is 0 Å². The number of nitrogens with one attached hydrogen (secondary N) is 1. The molecule has 0 saturated carbocycles. The highest BCUT2D eigenvalue weighted by molar-refractivity contribution is 5.72. The summed E-state index contributed by atoms with van der Waals surface area (Å²) in [6.07, 6.45) is 1.25. The summed E-state index contributed by atoms with van der Waals surface area (Å²) in [5.41, 5.74) is 0.372. The van der Waals surface area contributed by atoms with Gasteiger partial charge in [0.2, 0.25) is 0 Å². The van der Waals surface area contributed by atoms with Crippen molar-refractivity contribution < 1.29 is 14.6 Å². The quantitative estimate of drug-likeness (QED) is 0.583. The van der Waals surface area contributed by atoms with Gasteiger partial charge >= 0.3 is 5.97 Å². The van der Waals surface area contributed by atoms with Gasteiger partial charge in [-0.15, -0.1) is 0 Å². The number of H-pyrrole nitrogens is 1. The summed E-state index contributed by atoms with van der Waals surface area (Å²) in [7, 11) is 1.29. The van der Waals surface area contributed by atoms with Crippen LogP contribution >= 0.6 is 0 Å². The number of aromatic amines is 1. The van der Waals surface area contributed by atoms with E-state index in [1.807, 2.05) is 0 Å². The minimum Gasteiger partial charge on any atom is -0.504 e. The zero-order valence-corrected chi connectivity index (χ0v) is 6.00. The van der Waals surface area contributed by atoms with Crippen LogP contribution in [0, 0.1) is 0 Å². The first-order valence-corrected chi connectivity index (χ1v) is 3.02. The van der Waals surface area contributed by atoms with E-state index < -0.39 is 5.97 Å². The first-order valence-electron chi connectivity index (χ1n) is 3.02. The number of ether oxygens (including phenoxy) is 1. The lowest BCUT2D eigenvalue weighted by atomic mass is 10.3. The van der Waals surface area contributed by atoms with Crippen LogP contribution in [0.25, 0.3) is 0 Å². The molecule has 1 aromatic rings. The Kier molecular flexibility index (Phi) is 2.10. The van der Waals surface area contributed by atoms with Gasteiger partial charge in [0.1, 0.15) is 0 Å². The van der Waals surface area contributed by atoms with Crippen molar-refractivity contribution in [1.82, 2.24) is 10.2 Å². The van der Waals surface area contributed by atoms with Gasteiger partial charge in [0.15, 0.2) is 5.75 Å². The van der Waals surface area contributed by atoms with Crippen molar-refractivity contribution in [3.05, 3.63) is 11.9 Å². The van der Waals surface area contributed by atoms with E-state index in [9.17, 15) is 4.79 Å². The number of hydrogen-bond acceptors (Lipinski definition) is 4. The molecule has 0 spiro atoms. The topological polar surface area (TPSA) is 75.2 Å². The maximum absolute atomic E-state index is 10.7. The second-order valence-electron chi connectivity index (χ2n) is 1.99. The smallest absolute Gasteiger partial charge is 0.311 e. The molecule has 0 aromatic carbocycles. The fourth-order valence-corrected chi connectivity index (χ4v) is 0.653. The van der Waals surface area contributed by atoms with Gasteiger partial charge in [0, 0.05) is 0 Å². The molecule has 0 amide bonds. The van der Waals surface area contributed by atoms with Gasteiger partial charge in [-0.25, -0.2) is 0 Å². The summed E-state index contributed by atoms with van der Waals surface area (Å²) in [6, 6.07) is 0. The number of carbonyl (C=O) groups is 1. The summed E-state index contributed by atoms with van der Waals surface area (Å²) >= 11 is 0. The Labute approximate surface area is 63.0 Å². The number of rotatable bonds is 2. The number of aromatic hydroxyl groups is 1. The molecule has 5 heteroatoms. The number of nitrogens with zero attached hydrogens (tertiary/aromatic N) is 1. The minimum absolute atomic E-state index is 0.0162. The number of carbonyl (C=O) groups excluding carboxylic acids is 1. The van der Waals surface area contributed by atoms with Crippen molar-refractivity contribution in [2.75, 3.05) is 7.11 Å². The lowest BCUT2D eigenvalue weighted by Crippen LogP contribution is -2.04. The van der Waals surface area contributed by atoms with E-state index in [1.54, 1.807) is 0 Å². The second kappa shape index (κ2) is 3.05. The van der Waals surface area contributed by atoms with Crippen LogP contribution in [0.2, 0.25) is 0 Å². The molecule has 0 aliphatic heterocycles. The molecule has 0 aliphatic carbocycles. The molecular formula is C6H8N2O3. The van der Waals surface area contributed by atoms with Crippen LogP contribution in [0.1, 0.15) is 5.69 Å². The van der Waals surface area contributed by atoms with Crippen molar-refractivity contribution >= 4 is 5.97 Å². The highest BCUT2D eigenvalue weighted by Crippen LogP contribution is 2.12. The van der Waals surface area contributed by atoms with Crippen molar-refractivity contribution in [1.29, 1.82) is 0 Å². The fourth-order valence-electron chi connectivity index (χ4n) is 0.653. The van der Waals surface area contributed by atoms with Crippen LogP contribution in [0.3, 0.4) is 0 Å². The third-order valence-electron chi connectivity index (χ3n) is 1.24. The van der Waals surface area contributed by atoms with Crippen LogP contribution in [0.5, 0.6) is 5.75 Å². The van der Waals surface area contributed by atoms with E-state index in [-0.39, 0.29) is 12.2 Å². The molecule has 0 atom stereocenters. The standard InChI is InChI=1S/C6H8N2O3/c1-11-6(10)2-4-5(9)3-7-8-4/h3,9H,2H2,1H3,(H,7,8).